The summed E-state index contributed by atoms with van der Waals surface area (Å²) in [6.45, 7) is 0.466. The molecule has 0 saturated heterocycles. The fourth-order valence-corrected chi connectivity index (χ4v) is 3.18. The van der Waals surface area contributed by atoms with E-state index >= 15 is 0 Å². The smallest absolute Gasteiger partial charge is 0.253 e. The van der Waals surface area contributed by atoms with Gasteiger partial charge in [-0.3, -0.25) is 9.59 Å². The number of rotatable bonds is 5. The van der Waals surface area contributed by atoms with Gasteiger partial charge in [-0.2, -0.15) is 0 Å². The minimum Gasteiger partial charge on any atom is -0.348 e. The number of amides is 2. The van der Waals surface area contributed by atoms with Crippen LogP contribution in [0.3, 0.4) is 0 Å². The Hall–Kier alpha value is -1.59. The highest BCUT2D eigenvalue weighted by atomic mass is 35.5. The molecule has 1 aliphatic carbocycles. The number of halogens is 1. The molecule has 0 aliphatic heterocycles. The first-order valence-electron chi connectivity index (χ1n) is 8.35. The fraction of sp³-hybridized carbons (Fsp3) is 0.556. The Morgan fingerprint density at radius 3 is 2.17 bits per heavy atom. The average molecular weight is 354 g/mol. The molecule has 5 nitrogen and oxygen atoms in total. The summed E-state index contributed by atoms with van der Waals surface area (Å²) in [5, 5.41) is 3.06. The van der Waals surface area contributed by atoms with Crippen LogP contribution >= 0.6 is 12.4 Å². The standard InChI is InChI=1S/C18H27N3O2.ClH/c1-21(2)18(23)15-10-8-14(9-11-15)17(22)20-16(12-19)13-6-4-3-5-7-13;/h8-11,13,16H,3-7,12,19H2,1-2H3,(H,20,22);1H. The van der Waals surface area contributed by atoms with Gasteiger partial charge in [-0.1, -0.05) is 19.3 Å². The maximum atomic E-state index is 12.4. The second-order valence-electron chi connectivity index (χ2n) is 6.49. The van der Waals surface area contributed by atoms with E-state index in [0.717, 1.165) is 12.8 Å². The van der Waals surface area contributed by atoms with Crippen LogP contribution in [0, 0.1) is 5.92 Å². The lowest BCUT2D eigenvalue weighted by molar-refractivity contribution is 0.0826. The Kier molecular flexibility index (Phi) is 8.22. The van der Waals surface area contributed by atoms with E-state index < -0.39 is 0 Å². The van der Waals surface area contributed by atoms with Crippen LogP contribution < -0.4 is 11.1 Å². The second-order valence-corrected chi connectivity index (χ2v) is 6.49. The van der Waals surface area contributed by atoms with Crippen molar-refractivity contribution in [1.29, 1.82) is 0 Å². The number of hydrogen-bond acceptors (Lipinski definition) is 3. The van der Waals surface area contributed by atoms with Crippen LogP contribution in [0.2, 0.25) is 0 Å². The molecule has 3 N–H and O–H groups in total. The first kappa shape index (κ1) is 20.5. The Labute approximate surface area is 150 Å². The quantitative estimate of drug-likeness (QED) is 0.853. The molecule has 0 bridgehead atoms. The first-order chi connectivity index (χ1) is 11.0. The maximum Gasteiger partial charge on any atom is 0.253 e. The van der Waals surface area contributed by atoms with Crippen molar-refractivity contribution in [1.82, 2.24) is 10.2 Å². The zero-order valence-electron chi connectivity index (χ0n) is 14.5. The topological polar surface area (TPSA) is 75.4 Å². The Bertz CT molecular complexity index is 540. The summed E-state index contributed by atoms with van der Waals surface area (Å²) in [6.07, 6.45) is 6.00. The van der Waals surface area contributed by atoms with Crippen molar-refractivity contribution < 1.29 is 9.59 Å². The zero-order valence-corrected chi connectivity index (χ0v) is 15.3. The monoisotopic (exact) mass is 353 g/mol. The summed E-state index contributed by atoms with van der Waals surface area (Å²) in [5.74, 6) is 0.293. The molecule has 1 aromatic carbocycles. The van der Waals surface area contributed by atoms with Crippen LogP contribution in [0.5, 0.6) is 0 Å². The van der Waals surface area contributed by atoms with Crippen LogP contribution in [-0.4, -0.2) is 43.4 Å². The van der Waals surface area contributed by atoms with E-state index in [4.69, 9.17) is 5.73 Å². The van der Waals surface area contributed by atoms with Gasteiger partial charge in [0.1, 0.15) is 0 Å². The van der Waals surface area contributed by atoms with E-state index in [-0.39, 0.29) is 30.3 Å². The van der Waals surface area contributed by atoms with Crippen LogP contribution in [0.1, 0.15) is 52.8 Å². The molecule has 134 valence electrons. The molecule has 0 spiro atoms. The van der Waals surface area contributed by atoms with E-state index in [1.165, 1.54) is 24.2 Å². The van der Waals surface area contributed by atoms with E-state index in [0.29, 0.717) is 23.6 Å². The lowest BCUT2D eigenvalue weighted by Crippen LogP contribution is -2.45. The SMILES string of the molecule is CN(C)C(=O)c1ccc(C(=O)NC(CN)C2CCCCC2)cc1.Cl. The minimum atomic E-state index is -0.116. The van der Waals surface area contributed by atoms with Gasteiger partial charge in [0.15, 0.2) is 0 Å². The van der Waals surface area contributed by atoms with Gasteiger partial charge in [-0.25, -0.2) is 0 Å². The molecule has 1 aromatic rings. The Morgan fingerprint density at radius 1 is 1.12 bits per heavy atom. The molecule has 1 saturated carbocycles. The Morgan fingerprint density at radius 2 is 1.67 bits per heavy atom. The van der Waals surface area contributed by atoms with Crippen LogP contribution in [0.25, 0.3) is 0 Å². The summed E-state index contributed by atoms with van der Waals surface area (Å²) >= 11 is 0. The molecule has 0 aromatic heterocycles. The summed E-state index contributed by atoms with van der Waals surface area (Å²) in [4.78, 5) is 25.8. The summed E-state index contributed by atoms with van der Waals surface area (Å²) in [5.41, 5.74) is 7.00. The van der Waals surface area contributed by atoms with Crippen LogP contribution in [0.15, 0.2) is 24.3 Å². The molecule has 1 atom stereocenters. The van der Waals surface area contributed by atoms with E-state index in [1.54, 1.807) is 38.4 Å². The van der Waals surface area contributed by atoms with Crippen molar-refractivity contribution in [3.8, 4) is 0 Å². The van der Waals surface area contributed by atoms with Crippen molar-refractivity contribution in [2.24, 2.45) is 11.7 Å². The molecule has 1 fully saturated rings. The predicted octanol–water partition coefficient (Wildman–Crippen LogP) is 2.45. The molecule has 0 radical (unpaired) electrons. The molecule has 1 aliphatic rings. The molecular weight excluding hydrogens is 326 g/mol. The van der Waals surface area contributed by atoms with Crippen molar-refractivity contribution in [2.75, 3.05) is 20.6 Å². The lowest BCUT2D eigenvalue weighted by atomic mass is 9.84. The number of nitrogens with two attached hydrogens (primary N) is 1. The van der Waals surface area contributed by atoms with Gasteiger partial charge in [0.2, 0.25) is 0 Å². The second kappa shape index (κ2) is 9.64. The number of carbonyl (C=O) groups excluding carboxylic acids is 2. The fourth-order valence-electron chi connectivity index (χ4n) is 3.18. The third kappa shape index (κ3) is 5.21. The largest absolute Gasteiger partial charge is 0.348 e. The summed E-state index contributed by atoms with van der Waals surface area (Å²) in [7, 11) is 3.41. The van der Waals surface area contributed by atoms with E-state index in [9.17, 15) is 9.59 Å². The van der Waals surface area contributed by atoms with Gasteiger partial charge in [0.05, 0.1) is 0 Å². The highest BCUT2D eigenvalue weighted by molar-refractivity contribution is 5.97. The average Bonchev–Trinajstić information content (AvgIpc) is 2.59. The van der Waals surface area contributed by atoms with Gasteiger partial charge in [-0.15, -0.1) is 12.4 Å². The minimum absolute atomic E-state index is 0. The number of hydrogen-bond donors (Lipinski definition) is 2. The highest BCUT2D eigenvalue weighted by Crippen LogP contribution is 2.26. The summed E-state index contributed by atoms with van der Waals surface area (Å²) in [6, 6.07) is 6.80. The molecule has 0 heterocycles. The number of carbonyl (C=O) groups is 2. The molecular formula is C18H28ClN3O2. The third-order valence-electron chi connectivity index (χ3n) is 4.59. The first-order valence-corrected chi connectivity index (χ1v) is 8.35. The zero-order chi connectivity index (χ0) is 16.8. The number of nitrogens with one attached hydrogen (secondary N) is 1. The lowest BCUT2D eigenvalue weighted by Gasteiger charge is -2.30. The number of benzene rings is 1. The van der Waals surface area contributed by atoms with Gasteiger partial charge in [0.25, 0.3) is 11.8 Å². The maximum absolute atomic E-state index is 12.4. The summed E-state index contributed by atoms with van der Waals surface area (Å²) < 4.78 is 0. The van der Waals surface area contributed by atoms with E-state index in [2.05, 4.69) is 5.32 Å². The van der Waals surface area contributed by atoms with Crippen molar-refractivity contribution in [3.63, 3.8) is 0 Å². The molecule has 24 heavy (non-hydrogen) atoms. The molecule has 2 amide bonds. The van der Waals surface area contributed by atoms with Gasteiger partial charge >= 0.3 is 0 Å². The highest BCUT2D eigenvalue weighted by Gasteiger charge is 2.24. The van der Waals surface area contributed by atoms with Crippen molar-refractivity contribution >= 4 is 24.2 Å². The molecule has 2 rings (SSSR count). The molecule has 1 unspecified atom stereocenters. The van der Waals surface area contributed by atoms with Crippen LogP contribution in [0.4, 0.5) is 0 Å². The van der Waals surface area contributed by atoms with Crippen molar-refractivity contribution in [3.05, 3.63) is 35.4 Å². The Balaban J connectivity index is 0.00000288. The predicted molar refractivity (Wildman–Crippen MR) is 98.6 cm³/mol. The normalized spacial score (nSPS) is 16.0. The van der Waals surface area contributed by atoms with Gasteiger partial charge in [0, 0.05) is 37.8 Å². The van der Waals surface area contributed by atoms with Gasteiger partial charge < -0.3 is 16.0 Å². The van der Waals surface area contributed by atoms with Gasteiger partial charge in [-0.05, 0) is 43.0 Å². The molecule has 6 heteroatoms. The number of nitrogens with zero attached hydrogens (tertiary/aromatic N) is 1. The van der Waals surface area contributed by atoms with E-state index in [1.807, 2.05) is 0 Å². The third-order valence-corrected chi connectivity index (χ3v) is 4.59. The van der Waals surface area contributed by atoms with Crippen LogP contribution in [-0.2, 0) is 0 Å². The van der Waals surface area contributed by atoms with Crippen molar-refractivity contribution in [2.45, 2.75) is 38.1 Å².